The Morgan fingerprint density at radius 3 is 2.77 bits per heavy atom. The number of aliphatic hydroxyl groups excluding tert-OH is 1. The number of rotatable bonds is 4. The van der Waals surface area contributed by atoms with Crippen molar-refractivity contribution in [2.45, 2.75) is 12.5 Å². The number of amides is 1. The number of aliphatic hydroxyl groups is 1. The highest BCUT2D eigenvalue weighted by atomic mass is 35.5. The largest absolute Gasteiger partial charge is 0.388 e. The molecule has 0 aliphatic carbocycles. The number of nitrogens with one attached hydrogen (secondary N) is 1. The minimum Gasteiger partial charge on any atom is -0.388 e. The highest BCUT2D eigenvalue weighted by molar-refractivity contribution is 6.30. The topological polar surface area (TPSA) is 79.5 Å². The van der Waals surface area contributed by atoms with Crippen molar-refractivity contribution in [1.82, 2.24) is 14.6 Å². The summed E-state index contributed by atoms with van der Waals surface area (Å²) in [4.78, 5) is 16.2. The van der Waals surface area contributed by atoms with Crippen LogP contribution >= 0.6 is 11.6 Å². The van der Waals surface area contributed by atoms with Crippen molar-refractivity contribution in [2.24, 2.45) is 0 Å². The molecular formula is C15H13ClN4O2. The first-order valence-corrected chi connectivity index (χ1v) is 7.03. The standard InChI is InChI=1S/C15H13ClN4O2/c16-11-3-1-10(2-4-11)12(21)9-15(22)19-14-5-7-17-13-6-8-18-20(13)14/h1-8,12,21H,9H2,(H,19,22). The zero-order valence-corrected chi connectivity index (χ0v) is 12.2. The van der Waals surface area contributed by atoms with Crippen LogP contribution in [0.5, 0.6) is 0 Å². The molecule has 1 amide bonds. The number of nitrogens with zero attached hydrogens (tertiary/aromatic N) is 3. The van der Waals surface area contributed by atoms with Crippen LogP contribution in [0.2, 0.25) is 5.02 Å². The first-order valence-electron chi connectivity index (χ1n) is 6.65. The SMILES string of the molecule is O=C(CC(O)c1ccc(Cl)cc1)Nc1ccnc2ccnn12. The average Bonchev–Trinajstić information content (AvgIpc) is 2.97. The predicted molar refractivity (Wildman–Crippen MR) is 82.6 cm³/mol. The summed E-state index contributed by atoms with van der Waals surface area (Å²) in [5.41, 5.74) is 1.27. The van der Waals surface area contributed by atoms with Gasteiger partial charge in [0, 0.05) is 17.3 Å². The van der Waals surface area contributed by atoms with Crippen LogP contribution < -0.4 is 5.32 Å². The second-order valence-electron chi connectivity index (χ2n) is 4.75. The van der Waals surface area contributed by atoms with E-state index in [9.17, 15) is 9.90 Å². The van der Waals surface area contributed by atoms with Gasteiger partial charge in [0.25, 0.3) is 0 Å². The molecule has 6 nitrogen and oxygen atoms in total. The Bertz CT molecular complexity index is 801. The third kappa shape index (κ3) is 3.08. The Morgan fingerprint density at radius 1 is 1.23 bits per heavy atom. The number of fused-ring (bicyclic) bond motifs is 1. The quantitative estimate of drug-likeness (QED) is 0.775. The van der Waals surface area contributed by atoms with E-state index < -0.39 is 6.10 Å². The molecule has 0 radical (unpaired) electrons. The van der Waals surface area contributed by atoms with Crippen molar-refractivity contribution in [3.8, 4) is 0 Å². The number of carbonyl (C=O) groups excluding carboxylic acids is 1. The number of carbonyl (C=O) groups is 1. The fraction of sp³-hybridized carbons (Fsp3) is 0.133. The van der Waals surface area contributed by atoms with Crippen molar-refractivity contribution < 1.29 is 9.90 Å². The molecule has 2 aromatic heterocycles. The number of benzene rings is 1. The molecule has 1 unspecified atom stereocenters. The van der Waals surface area contributed by atoms with Crippen molar-refractivity contribution >= 4 is 29.0 Å². The van der Waals surface area contributed by atoms with E-state index in [0.29, 0.717) is 22.1 Å². The van der Waals surface area contributed by atoms with Gasteiger partial charge in [0.05, 0.1) is 18.7 Å². The van der Waals surface area contributed by atoms with Gasteiger partial charge in [-0.3, -0.25) is 4.79 Å². The molecule has 1 atom stereocenters. The Balaban J connectivity index is 1.69. The van der Waals surface area contributed by atoms with E-state index >= 15 is 0 Å². The second kappa shape index (κ2) is 6.13. The molecule has 0 saturated heterocycles. The van der Waals surface area contributed by atoms with E-state index in [1.807, 2.05) is 0 Å². The highest BCUT2D eigenvalue weighted by Crippen LogP contribution is 2.20. The van der Waals surface area contributed by atoms with Crippen LogP contribution in [0.4, 0.5) is 5.82 Å². The lowest BCUT2D eigenvalue weighted by Gasteiger charge is -2.12. The number of halogens is 1. The van der Waals surface area contributed by atoms with Gasteiger partial charge in [0.15, 0.2) is 5.65 Å². The average molecular weight is 317 g/mol. The molecule has 0 fully saturated rings. The van der Waals surface area contributed by atoms with E-state index in [-0.39, 0.29) is 12.3 Å². The summed E-state index contributed by atoms with van der Waals surface area (Å²) in [7, 11) is 0. The smallest absolute Gasteiger partial charge is 0.228 e. The van der Waals surface area contributed by atoms with E-state index in [1.54, 1.807) is 48.8 Å². The Labute approximate surface area is 131 Å². The van der Waals surface area contributed by atoms with Crippen LogP contribution in [0.3, 0.4) is 0 Å². The minimum atomic E-state index is -0.896. The van der Waals surface area contributed by atoms with Gasteiger partial charge in [-0.15, -0.1) is 0 Å². The molecule has 0 spiro atoms. The summed E-state index contributed by atoms with van der Waals surface area (Å²) in [6.07, 6.45) is 2.22. The predicted octanol–water partition coefficient (Wildman–Crippen LogP) is 2.44. The van der Waals surface area contributed by atoms with Crippen LogP contribution in [0.25, 0.3) is 5.65 Å². The minimum absolute atomic E-state index is 0.0628. The third-order valence-corrected chi connectivity index (χ3v) is 3.44. The van der Waals surface area contributed by atoms with Crippen molar-refractivity contribution in [3.05, 3.63) is 59.4 Å². The van der Waals surface area contributed by atoms with Gasteiger partial charge >= 0.3 is 0 Å². The van der Waals surface area contributed by atoms with Gasteiger partial charge in [-0.2, -0.15) is 9.61 Å². The number of anilines is 1. The molecule has 112 valence electrons. The molecule has 3 aromatic rings. The molecule has 2 heterocycles. The van der Waals surface area contributed by atoms with E-state index in [2.05, 4.69) is 15.4 Å². The highest BCUT2D eigenvalue weighted by Gasteiger charge is 2.14. The number of aromatic nitrogens is 3. The van der Waals surface area contributed by atoms with Crippen LogP contribution in [-0.2, 0) is 4.79 Å². The normalized spacial score (nSPS) is 12.3. The molecule has 7 heteroatoms. The molecule has 0 saturated carbocycles. The van der Waals surface area contributed by atoms with Crippen LogP contribution in [0, 0.1) is 0 Å². The fourth-order valence-electron chi connectivity index (χ4n) is 2.10. The van der Waals surface area contributed by atoms with Gasteiger partial charge in [-0.1, -0.05) is 23.7 Å². The molecule has 22 heavy (non-hydrogen) atoms. The van der Waals surface area contributed by atoms with Crippen LogP contribution in [-0.4, -0.2) is 25.6 Å². The lowest BCUT2D eigenvalue weighted by atomic mass is 10.1. The summed E-state index contributed by atoms with van der Waals surface area (Å²) in [6.45, 7) is 0. The number of hydrogen-bond donors (Lipinski definition) is 2. The first-order chi connectivity index (χ1) is 10.6. The third-order valence-electron chi connectivity index (χ3n) is 3.19. The van der Waals surface area contributed by atoms with E-state index in [0.717, 1.165) is 0 Å². The zero-order valence-electron chi connectivity index (χ0n) is 11.5. The van der Waals surface area contributed by atoms with Gasteiger partial charge in [0.2, 0.25) is 5.91 Å². The van der Waals surface area contributed by atoms with Gasteiger partial charge in [-0.05, 0) is 23.8 Å². The molecule has 2 N–H and O–H groups in total. The summed E-state index contributed by atoms with van der Waals surface area (Å²) in [5.74, 6) is 0.189. The molecule has 1 aromatic carbocycles. The zero-order chi connectivity index (χ0) is 15.5. The number of hydrogen-bond acceptors (Lipinski definition) is 4. The Hall–Kier alpha value is -2.44. The summed E-state index contributed by atoms with van der Waals surface area (Å²) < 4.78 is 1.52. The van der Waals surface area contributed by atoms with E-state index in [4.69, 9.17) is 11.6 Å². The first kappa shape index (κ1) is 14.5. The maximum Gasteiger partial charge on any atom is 0.228 e. The lowest BCUT2D eigenvalue weighted by molar-refractivity contribution is -0.118. The molecule has 0 aliphatic heterocycles. The van der Waals surface area contributed by atoms with Crippen molar-refractivity contribution in [3.63, 3.8) is 0 Å². The Kier molecular flexibility index (Phi) is 4.04. The molecular weight excluding hydrogens is 304 g/mol. The molecule has 0 bridgehead atoms. The Morgan fingerprint density at radius 2 is 2.00 bits per heavy atom. The maximum atomic E-state index is 12.1. The van der Waals surface area contributed by atoms with E-state index in [1.165, 1.54) is 4.52 Å². The molecule has 3 rings (SSSR count). The lowest BCUT2D eigenvalue weighted by Crippen LogP contribution is -2.17. The summed E-state index contributed by atoms with van der Waals surface area (Å²) >= 11 is 5.80. The van der Waals surface area contributed by atoms with Gasteiger partial charge in [0.1, 0.15) is 5.82 Å². The van der Waals surface area contributed by atoms with Crippen LogP contribution in [0.1, 0.15) is 18.1 Å². The van der Waals surface area contributed by atoms with Gasteiger partial charge in [-0.25, -0.2) is 4.98 Å². The van der Waals surface area contributed by atoms with Gasteiger partial charge < -0.3 is 10.4 Å². The van der Waals surface area contributed by atoms with Crippen molar-refractivity contribution in [2.75, 3.05) is 5.32 Å². The van der Waals surface area contributed by atoms with Crippen molar-refractivity contribution in [1.29, 1.82) is 0 Å². The van der Waals surface area contributed by atoms with Crippen LogP contribution in [0.15, 0.2) is 48.8 Å². The second-order valence-corrected chi connectivity index (χ2v) is 5.19. The summed E-state index contributed by atoms with van der Waals surface area (Å²) in [6, 6.07) is 10.1. The fourth-order valence-corrected chi connectivity index (χ4v) is 2.23. The molecule has 0 aliphatic rings. The summed E-state index contributed by atoms with van der Waals surface area (Å²) in [5, 5.41) is 17.5. The maximum absolute atomic E-state index is 12.1. The monoisotopic (exact) mass is 316 g/mol.